The van der Waals surface area contributed by atoms with Crippen LogP contribution >= 0.6 is 23.2 Å². The third kappa shape index (κ3) is 3.84. The van der Waals surface area contributed by atoms with Crippen LogP contribution in [0.2, 0.25) is 10.0 Å². The Bertz CT molecular complexity index is 289. The monoisotopic (exact) mass is 232 g/mol. The van der Waals surface area contributed by atoms with Crippen LogP contribution in [0.4, 0.5) is 0 Å². The molecule has 4 heteroatoms. The van der Waals surface area contributed by atoms with Gasteiger partial charge in [0.1, 0.15) is 0 Å². The quantitative estimate of drug-likeness (QED) is 0.764. The Morgan fingerprint density at radius 2 is 1.93 bits per heavy atom. The van der Waals surface area contributed by atoms with Crippen molar-refractivity contribution in [2.75, 3.05) is 19.6 Å². The second kappa shape index (κ2) is 6.25. The molecule has 1 rings (SSSR count). The fourth-order valence-electron chi connectivity index (χ4n) is 1.15. The van der Waals surface area contributed by atoms with Crippen molar-refractivity contribution in [1.29, 1.82) is 0 Å². The van der Waals surface area contributed by atoms with Crippen LogP contribution in [0, 0.1) is 0 Å². The Kier molecular flexibility index (Phi) is 5.26. The Labute approximate surface area is 94.4 Å². The zero-order chi connectivity index (χ0) is 10.4. The molecule has 0 saturated heterocycles. The van der Waals surface area contributed by atoms with Crippen LogP contribution in [-0.2, 0) is 6.42 Å². The average molecular weight is 233 g/mol. The van der Waals surface area contributed by atoms with Gasteiger partial charge in [-0.15, -0.1) is 0 Å². The van der Waals surface area contributed by atoms with Crippen LogP contribution in [0.25, 0.3) is 0 Å². The molecular formula is C10H14Cl2N2. The summed E-state index contributed by atoms with van der Waals surface area (Å²) in [7, 11) is 0. The minimum absolute atomic E-state index is 0.602. The molecule has 0 aromatic heterocycles. The number of hydrogen-bond donors (Lipinski definition) is 2. The predicted molar refractivity (Wildman–Crippen MR) is 62.1 cm³/mol. The van der Waals surface area contributed by atoms with E-state index in [4.69, 9.17) is 28.9 Å². The van der Waals surface area contributed by atoms with E-state index < -0.39 is 0 Å². The largest absolute Gasteiger partial charge is 0.329 e. The van der Waals surface area contributed by atoms with E-state index in [1.54, 1.807) is 0 Å². The Balaban J connectivity index is 2.39. The first-order chi connectivity index (χ1) is 6.74. The topological polar surface area (TPSA) is 38.0 Å². The molecule has 0 unspecified atom stereocenters. The van der Waals surface area contributed by atoms with Crippen LogP contribution in [0.5, 0.6) is 0 Å². The Morgan fingerprint density at radius 1 is 1.14 bits per heavy atom. The van der Waals surface area contributed by atoms with Crippen LogP contribution in [-0.4, -0.2) is 19.6 Å². The van der Waals surface area contributed by atoms with Gasteiger partial charge in [0.15, 0.2) is 0 Å². The van der Waals surface area contributed by atoms with Gasteiger partial charge < -0.3 is 11.1 Å². The zero-order valence-electron chi connectivity index (χ0n) is 7.89. The van der Waals surface area contributed by atoms with Gasteiger partial charge in [-0.25, -0.2) is 0 Å². The molecule has 0 heterocycles. The molecular weight excluding hydrogens is 219 g/mol. The van der Waals surface area contributed by atoms with Gasteiger partial charge in [0.25, 0.3) is 0 Å². The lowest BCUT2D eigenvalue weighted by Crippen LogP contribution is -2.24. The lowest BCUT2D eigenvalue weighted by molar-refractivity contribution is 0.689. The van der Waals surface area contributed by atoms with Crippen molar-refractivity contribution < 1.29 is 0 Å². The van der Waals surface area contributed by atoms with E-state index in [-0.39, 0.29) is 0 Å². The summed E-state index contributed by atoms with van der Waals surface area (Å²) in [5.74, 6) is 0. The first-order valence-corrected chi connectivity index (χ1v) is 5.34. The molecule has 0 atom stereocenters. The third-order valence-electron chi connectivity index (χ3n) is 1.90. The van der Waals surface area contributed by atoms with Gasteiger partial charge in [-0.2, -0.15) is 0 Å². The summed E-state index contributed by atoms with van der Waals surface area (Å²) in [6.45, 7) is 2.43. The first kappa shape index (κ1) is 11.8. The number of hydrogen-bond acceptors (Lipinski definition) is 2. The molecule has 0 bridgehead atoms. The van der Waals surface area contributed by atoms with Crippen LogP contribution in [0.15, 0.2) is 18.2 Å². The van der Waals surface area contributed by atoms with Crippen LogP contribution < -0.4 is 11.1 Å². The maximum atomic E-state index is 5.88. The zero-order valence-corrected chi connectivity index (χ0v) is 9.41. The molecule has 0 radical (unpaired) electrons. The van der Waals surface area contributed by atoms with Crippen molar-refractivity contribution in [2.24, 2.45) is 5.73 Å². The van der Waals surface area contributed by atoms with E-state index in [2.05, 4.69) is 5.32 Å². The van der Waals surface area contributed by atoms with Crippen LogP contribution in [0.1, 0.15) is 5.56 Å². The molecule has 1 aromatic rings. The standard InChI is InChI=1S/C10H14Cl2N2/c11-9-2-1-8(7-10(9)12)3-5-14-6-4-13/h1-2,7,14H,3-6,13H2. The van der Waals surface area contributed by atoms with Crippen LogP contribution in [0.3, 0.4) is 0 Å². The van der Waals surface area contributed by atoms with Crippen molar-refractivity contribution in [1.82, 2.24) is 5.32 Å². The number of benzene rings is 1. The van der Waals surface area contributed by atoms with E-state index in [1.165, 1.54) is 5.56 Å². The first-order valence-electron chi connectivity index (χ1n) is 4.58. The number of nitrogens with two attached hydrogens (primary N) is 1. The van der Waals surface area contributed by atoms with E-state index in [0.29, 0.717) is 16.6 Å². The SMILES string of the molecule is NCCNCCc1ccc(Cl)c(Cl)c1. The molecule has 0 fully saturated rings. The summed E-state index contributed by atoms with van der Waals surface area (Å²) in [6.07, 6.45) is 0.941. The smallest absolute Gasteiger partial charge is 0.0595 e. The van der Waals surface area contributed by atoms with Gasteiger partial charge in [-0.1, -0.05) is 29.3 Å². The molecule has 0 saturated carbocycles. The minimum Gasteiger partial charge on any atom is -0.329 e. The highest BCUT2D eigenvalue weighted by Crippen LogP contribution is 2.22. The van der Waals surface area contributed by atoms with Gasteiger partial charge in [0, 0.05) is 13.1 Å². The maximum Gasteiger partial charge on any atom is 0.0595 e. The van der Waals surface area contributed by atoms with E-state index in [0.717, 1.165) is 19.5 Å². The van der Waals surface area contributed by atoms with Crippen molar-refractivity contribution in [3.8, 4) is 0 Å². The molecule has 0 aliphatic rings. The predicted octanol–water partition coefficient (Wildman–Crippen LogP) is 2.08. The highest BCUT2D eigenvalue weighted by atomic mass is 35.5. The van der Waals surface area contributed by atoms with E-state index >= 15 is 0 Å². The summed E-state index contributed by atoms with van der Waals surface area (Å²) in [4.78, 5) is 0. The highest BCUT2D eigenvalue weighted by molar-refractivity contribution is 6.42. The Hall–Kier alpha value is -0.280. The van der Waals surface area contributed by atoms with Gasteiger partial charge >= 0.3 is 0 Å². The van der Waals surface area contributed by atoms with Gasteiger partial charge in [0.05, 0.1) is 10.0 Å². The summed E-state index contributed by atoms with van der Waals surface area (Å²) in [5.41, 5.74) is 6.54. The molecule has 78 valence electrons. The maximum absolute atomic E-state index is 5.88. The molecule has 1 aromatic carbocycles. The number of nitrogens with one attached hydrogen (secondary N) is 1. The average Bonchev–Trinajstić information content (AvgIpc) is 2.18. The molecule has 0 aliphatic heterocycles. The number of rotatable bonds is 5. The normalized spacial score (nSPS) is 10.5. The summed E-state index contributed by atoms with van der Waals surface area (Å²) >= 11 is 11.7. The third-order valence-corrected chi connectivity index (χ3v) is 2.63. The lowest BCUT2D eigenvalue weighted by atomic mass is 10.1. The van der Waals surface area contributed by atoms with Gasteiger partial charge in [0.2, 0.25) is 0 Å². The second-order valence-corrected chi connectivity index (χ2v) is 3.85. The minimum atomic E-state index is 0.602. The fraction of sp³-hybridized carbons (Fsp3) is 0.400. The van der Waals surface area contributed by atoms with Crippen molar-refractivity contribution >= 4 is 23.2 Å². The lowest BCUT2D eigenvalue weighted by Gasteiger charge is -2.04. The molecule has 0 amide bonds. The highest BCUT2D eigenvalue weighted by Gasteiger charge is 1.98. The molecule has 0 spiro atoms. The summed E-state index contributed by atoms with van der Waals surface area (Å²) < 4.78 is 0. The fourth-order valence-corrected chi connectivity index (χ4v) is 1.48. The summed E-state index contributed by atoms with van der Waals surface area (Å²) in [6, 6.07) is 5.70. The molecule has 3 N–H and O–H groups in total. The molecule has 0 aliphatic carbocycles. The van der Waals surface area contributed by atoms with Gasteiger partial charge in [-0.3, -0.25) is 0 Å². The van der Waals surface area contributed by atoms with E-state index in [9.17, 15) is 0 Å². The van der Waals surface area contributed by atoms with E-state index in [1.807, 2.05) is 18.2 Å². The molecule has 2 nitrogen and oxygen atoms in total. The second-order valence-electron chi connectivity index (χ2n) is 3.04. The summed E-state index contributed by atoms with van der Waals surface area (Å²) in [5, 5.41) is 4.43. The Morgan fingerprint density at radius 3 is 2.57 bits per heavy atom. The molecule has 14 heavy (non-hydrogen) atoms. The van der Waals surface area contributed by atoms with Gasteiger partial charge in [-0.05, 0) is 30.7 Å². The number of halogens is 2. The van der Waals surface area contributed by atoms with Crippen molar-refractivity contribution in [2.45, 2.75) is 6.42 Å². The van der Waals surface area contributed by atoms with Crippen molar-refractivity contribution in [3.63, 3.8) is 0 Å². The van der Waals surface area contributed by atoms with Crippen molar-refractivity contribution in [3.05, 3.63) is 33.8 Å².